The van der Waals surface area contributed by atoms with E-state index in [-0.39, 0.29) is 24.2 Å². The van der Waals surface area contributed by atoms with Gasteiger partial charge in [-0.2, -0.15) is 0 Å². The fraction of sp³-hybridized carbons (Fsp3) is 0.682. The van der Waals surface area contributed by atoms with E-state index >= 15 is 0 Å². The van der Waals surface area contributed by atoms with Gasteiger partial charge in [0.1, 0.15) is 5.69 Å². The third-order valence-electron chi connectivity index (χ3n) is 5.67. The Kier molecular flexibility index (Phi) is 8.61. The molecule has 0 radical (unpaired) electrons. The van der Waals surface area contributed by atoms with Crippen LogP contribution in [0.25, 0.3) is 0 Å². The van der Waals surface area contributed by atoms with Crippen molar-refractivity contribution in [2.45, 2.75) is 41.2 Å². The van der Waals surface area contributed by atoms with Crippen LogP contribution in [-0.4, -0.2) is 85.1 Å². The molecular formula is C22H35N3O5. The van der Waals surface area contributed by atoms with Crippen LogP contribution in [0.15, 0.2) is 0 Å². The van der Waals surface area contributed by atoms with Crippen molar-refractivity contribution in [1.29, 1.82) is 0 Å². The molecule has 30 heavy (non-hydrogen) atoms. The average Bonchev–Trinajstić information content (AvgIpc) is 2.99. The highest BCUT2D eigenvalue weighted by Crippen LogP contribution is 2.24. The Labute approximate surface area is 179 Å². The summed E-state index contributed by atoms with van der Waals surface area (Å²) in [6.07, 6.45) is 0. The molecule has 8 heteroatoms. The Morgan fingerprint density at radius 2 is 1.80 bits per heavy atom. The third-order valence-corrected chi connectivity index (χ3v) is 5.67. The minimum atomic E-state index is -0.459. The number of Topliss-reactive ketones (excluding diaryl/α,β-unsaturated/α-hetero) is 1. The summed E-state index contributed by atoms with van der Waals surface area (Å²) >= 11 is 0. The molecule has 1 aliphatic rings. The molecule has 168 valence electrons. The standard InChI is InChI=1S/C22H35N3O5/c1-7-25-17(5)19(16(4)20(25)22(28)29-6)18(26)14-24(21(27)15(2)3)9-8-23-10-12-30-13-11-23/h15H,7-14H2,1-6H3. The molecule has 0 bridgehead atoms. The topological polar surface area (TPSA) is 81.1 Å². The molecule has 0 saturated carbocycles. The van der Waals surface area contributed by atoms with E-state index < -0.39 is 5.97 Å². The number of ether oxygens (including phenoxy) is 2. The van der Waals surface area contributed by atoms with Crippen LogP contribution in [-0.2, 0) is 20.8 Å². The zero-order valence-corrected chi connectivity index (χ0v) is 19.1. The number of hydrogen-bond donors (Lipinski definition) is 0. The molecule has 8 nitrogen and oxygen atoms in total. The zero-order valence-electron chi connectivity index (χ0n) is 19.1. The van der Waals surface area contributed by atoms with Crippen molar-refractivity contribution in [2.24, 2.45) is 5.92 Å². The monoisotopic (exact) mass is 421 g/mol. The van der Waals surface area contributed by atoms with Crippen LogP contribution in [0.5, 0.6) is 0 Å². The molecule has 0 aromatic carbocycles. The minimum Gasteiger partial charge on any atom is -0.464 e. The Balaban J connectivity index is 2.25. The number of nitrogens with zero attached hydrogens (tertiary/aromatic N) is 3. The average molecular weight is 422 g/mol. The van der Waals surface area contributed by atoms with E-state index in [1.54, 1.807) is 16.4 Å². The van der Waals surface area contributed by atoms with E-state index in [1.807, 2.05) is 27.7 Å². The van der Waals surface area contributed by atoms with E-state index in [0.717, 1.165) is 18.8 Å². The first-order chi connectivity index (χ1) is 14.2. The molecule has 2 heterocycles. The van der Waals surface area contributed by atoms with Crippen LogP contribution in [0.2, 0.25) is 0 Å². The van der Waals surface area contributed by atoms with Crippen LogP contribution in [0.4, 0.5) is 0 Å². The lowest BCUT2D eigenvalue weighted by molar-refractivity contribution is -0.134. The largest absolute Gasteiger partial charge is 0.464 e. The van der Waals surface area contributed by atoms with E-state index in [0.29, 0.717) is 49.7 Å². The van der Waals surface area contributed by atoms with Gasteiger partial charge in [0.2, 0.25) is 5.91 Å². The summed E-state index contributed by atoms with van der Waals surface area (Å²) in [5, 5.41) is 0. The summed E-state index contributed by atoms with van der Waals surface area (Å²) in [5.74, 6) is -0.858. The molecule has 0 unspecified atom stereocenters. The molecule has 1 saturated heterocycles. The molecule has 1 amide bonds. The predicted octanol–water partition coefficient (Wildman–Crippen LogP) is 1.91. The van der Waals surface area contributed by atoms with Crippen LogP contribution >= 0.6 is 0 Å². The number of carbonyl (C=O) groups is 3. The molecule has 0 aliphatic carbocycles. The van der Waals surface area contributed by atoms with Gasteiger partial charge in [-0.3, -0.25) is 14.5 Å². The summed E-state index contributed by atoms with van der Waals surface area (Å²) < 4.78 is 12.1. The van der Waals surface area contributed by atoms with Crippen molar-refractivity contribution in [1.82, 2.24) is 14.4 Å². The minimum absolute atomic E-state index is 0.00261. The quantitative estimate of drug-likeness (QED) is 0.448. The summed E-state index contributed by atoms with van der Waals surface area (Å²) in [7, 11) is 1.33. The fourth-order valence-corrected chi connectivity index (χ4v) is 4.03. The SMILES string of the molecule is CCn1c(C)c(C(=O)CN(CCN2CCOCC2)C(=O)C(C)C)c(C)c1C(=O)OC. The molecule has 1 aliphatic heterocycles. The van der Waals surface area contributed by atoms with Crippen LogP contribution in [0.1, 0.15) is 52.9 Å². The van der Waals surface area contributed by atoms with E-state index in [9.17, 15) is 14.4 Å². The smallest absolute Gasteiger partial charge is 0.354 e. The van der Waals surface area contributed by atoms with Crippen LogP contribution < -0.4 is 0 Å². The molecule has 0 N–H and O–H groups in total. The number of methoxy groups -OCH3 is 1. The third kappa shape index (κ3) is 5.29. The van der Waals surface area contributed by atoms with Gasteiger partial charge >= 0.3 is 5.97 Å². The van der Waals surface area contributed by atoms with Crippen LogP contribution in [0, 0.1) is 19.8 Å². The number of rotatable bonds is 9. The van der Waals surface area contributed by atoms with Gasteiger partial charge in [-0.15, -0.1) is 0 Å². The molecule has 1 fully saturated rings. The highest BCUT2D eigenvalue weighted by Gasteiger charge is 2.29. The van der Waals surface area contributed by atoms with E-state index in [4.69, 9.17) is 9.47 Å². The molecule has 1 aromatic heterocycles. The second-order valence-corrected chi connectivity index (χ2v) is 7.96. The van der Waals surface area contributed by atoms with Crippen LogP contribution in [0.3, 0.4) is 0 Å². The number of carbonyl (C=O) groups excluding carboxylic acids is 3. The number of aromatic nitrogens is 1. The lowest BCUT2D eigenvalue weighted by Gasteiger charge is -2.30. The number of esters is 1. The zero-order chi connectivity index (χ0) is 22.4. The van der Waals surface area contributed by atoms with Gasteiger partial charge < -0.3 is 18.9 Å². The molecule has 1 aromatic rings. The number of morpholine rings is 1. The normalized spacial score (nSPS) is 14.8. The Hall–Kier alpha value is -2.19. The highest BCUT2D eigenvalue weighted by molar-refractivity contribution is 6.04. The van der Waals surface area contributed by atoms with Gasteiger partial charge in [-0.1, -0.05) is 13.8 Å². The van der Waals surface area contributed by atoms with Crippen molar-refractivity contribution in [3.8, 4) is 0 Å². The van der Waals surface area contributed by atoms with Gasteiger partial charge in [0.05, 0.1) is 26.9 Å². The lowest BCUT2D eigenvalue weighted by atomic mass is 10.0. The molecule has 2 rings (SSSR count). The number of amides is 1. The van der Waals surface area contributed by atoms with Gasteiger partial charge in [0, 0.05) is 49.9 Å². The second-order valence-electron chi connectivity index (χ2n) is 7.96. The maximum Gasteiger partial charge on any atom is 0.354 e. The Morgan fingerprint density at radius 3 is 2.33 bits per heavy atom. The summed E-state index contributed by atoms with van der Waals surface area (Å²) in [4.78, 5) is 42.2. The molecule has 0 atom stereocenters. The first-order valence-corrected chi connectivity index (χ1v) is 10.6. The van der Waals surface area contributed by atoms with Gasteiger partial charge in [-0.05, 0) is 26.3 Å². The summed E-state index contributed by atoms with van der Waals surface area (Å²) in [5.41, 5.74) is 2.24. The predicted molar refractivity (Wildman–Crippen MR) is 114 cm³/mol. The first-order valence-electron chi connectivity index (χ1n) is 10.6. The maximum atomic E-state index is 13.3. The highest BCUT2D eigenvalue weighted by atomic mass is 16.5. The van der Waals surface area contributed by atoms with Crippen molar-refractivity contribution < 1.29 is 23.9 Å². The Morgan fingerprint density at radius 1 is 1.17 bits per heavy atom. The van der Waals surface area contributed by atoms with Gasteiger partial charge in [0.15, 0.2) is 5.78 Å². The fourth-order valence-electron chi connectivity index (χ4n) is 4.03. The molecular weight excluding hydrogens is 386 g/mol. The first kappa shape index (κ1) is 24.1. The molecule has 0 spiro atoms. The second kappa shape index (κ2) is 10.7. The Bertz CT molecular complexity index is 778. The van der Waals surface area contributed by atoms with Crippen molar-refractivity contribution >= 4 is 17.7 Å². The van der Waals surface area contributed by atoms with Crippen molar-refractivity contribution in [2.75, 3.05) is 53.0 Å². The lowest BCUT2D eigenvalue weighted by Crippen LogP contribution is -2.45. The summed E-state index contributed by atoms with van der Waals surface area (Å²) in [6, 6.07) is 0. The van der Waals surface area contributed by atoms with Gasteiger partial charge in [-0.25, -0.2) is 4.79 Å². The van der Waals surface area contributed by atoms with E-state index in [2.05, 4.69) is 4.90 Å². The van der Waals surface area contributed by atoms with Gasteiger partial charge in [0.25, 0.3) is 0 Å². The number of ketones is 1. The van der Waals surface area contributed by atoms with E-state index in [1.165, 1.54) is 7.11 Å². The van der Waals surface area contributed by atoms with Crippen molar-refractivity contribution in [3.05, 3.63) is 22.5 Å². The summed E-state index contributed by atoms with van der Waals surface area (Å²) in [6.45, 7) is 14.0. The van der Waals surface area contributed by atoms with Crippen molar-refractivity contribution in [3.63, 3.8) is 0 Å². The maximum absolute atomic E-state index is 13.3. The number of hydrogen-bond acceptors (Lipinski definition) is 6.